The minimum absolute atomic E-state index is 0.00309. The minimum Gasteiger partial charge on any atom is -0.485 e. The van der Waals surface area contributed by atoms with Gasteiger partial charge in [0.1, 0.15) is 22.7 Å². The number of hydrogen-bond donors (Lipinski definition) is 1. The van der Waals surface area contributed by atoms with Crippen molar-refractivity contribution in [1.82, 2.24) is 0 Å². The van der Waals surface area contributed by atoms with Gasteiger partial charge in [-0.15, -0.1) is 0 Å². The van der Waals surface area contributed by atoms with Crippen LogP contribution >= 0.6 is 12.2 Å². The van der Waals surface area contributed by atoms with E-state index in [2.05, 4.69) is 0 Å². The van der Waals surface area contributed by atoms with Crippen LogP contribution in [0.3, 0.4) is 0 Å². The molecule has 0 radical (unpaired) electrons. The summed E-state index contributed by atoms with van der Waals surface area (Å²) in [5.74, 6) is -0.0731. The molecule has 1 aliphatic rings. The van der Waals surface area contributed by atoms with Crippen LogP contribution in [0.15, 0.2) is 18.2 Å². The summed E-state index contributed by atoms with van der Waals surface area (Å²) < 4.78 is 23.8. The van der Waals surface area contributed by atoms with Gasteiger partial charge in [0.15, 0.2) is 0 Å². The maximum absolute atomic E-state index is 13.4. The van der Waals surface area contributed by atoms with Crippen LogP contribution < -0.4 is 10.5 Å². The smallest absolute Gasteiger partial charge is 0.145 e. The zero-order valence-corrected chi connectivity index (χ0v) is 8.72. The first-order chi connectivity index (χ1) is 7.18. The molecule has 1 aromatic rings. The number of rotatable bonds is 3. The Kier molecular flexibility index (Phi) is 2.83. The van der Waals surface area contributed by atoms with Crippen molar-refractivity contribution in [3.8, 4) is 5.75 Å². The first-order valence-corrected chi connectivity index (χ1v) is 4.92. The van der Waals surface area contributed by atoms with Crippen molar-refractivity contribution in [3.63, 3.8) is 0 Å². The van der Waals surface area contributed by atoms with Crippen molar-refractivity contribution < 1.29 is 13.9 Å². The van der Waals surface area contributed by atoms with Gasteiger partial charge in [-0.25, -0.2) is 4.39 Å². The summed E-state index contributed by atoms with van der Waals surface area (Å²) in [6, 6.07) is 4.51. The van der Waals surface area contributed by atoms with E-state index in [0.29, 0.717) is 19.0 Å². The van der Waals surface area contributed by atoms with Crippen molar-refractivity contribution in [1.29, 1.82) is 0 Å². The Bertz CT molecular complexity index is 393. The van der Waals surface area contributed by atoms with Crippen molar-refractivity contribution in [3.05, 3.63) is 29.6 Å². The molecule has 3 nitrogen and oxygen atoms in total. The number of halogens is 1. The van der Waals surface area contributed by atoms with E-state index >= 15 is 0 Å². The third-order valence-electron chi connectivity index (χ3n) is 2.12. The lowest BCUT2D eigenvalue weighted by Gasteiger charge is -2.27. The summed E-state index contributed by atoms with van der Waals surface area (Å²) in [6.07, 6.45) is -0.0279. The van der Waals surface area contributed by atoms with Gasteiger partial charge in [0.2, 0.25) is 0 Å². The Morgan fingerprint density at radius 1 is 1.53 bits per heavy atom. The average Bonchev–Trinajstić information content (AvgIpc) is 2.10. The molecule has 15 heavy (non-hydrogen) atoms. The zero-order chi connectivity index (χ0) is 10.8. The van der Waals surface area contributed by atoms with Gasteiger partial charge in [0.25, 0.3) is 0 Å². The molecular weight excluding hydrogens is 217 g/mol. The number of hydrogen-bond acceptors (Lipinski definition) is 3. The number of nitrogens with two attached hydrogens (primary N) is 1. The number of thiocarbonyl (C=S) groups is 1. The molecule has 0 unspecified atom stereocenters. The van der Waals surface area contributed by atoms with Gasteiger partial charge in [-0.1, -0.05) is 18.3 Å². The van der Waals surface area contributed by atoms with Gasteiger partial charge in [0, 0.05) is 0 Å². The average molecular weight is 227 g/mol. The maximum Gasteiger partial charge on any atom is 0.145 e. The van der Waals surface area contributed by atoms with Crippen molar-refractivity contribution in [2.45, 2.75) is 6.10 Å². The molecule has 1 aliphatic heterocycles. The van der Waals surface area contributed by atoms with Crippen molar-refractivity contribution >= 4 is 17.2 Å². The van der Waals surface area contributed by atoms with Gasteiger partial charge in [-0.2, -0.15) is 0 Å². The second-order valence-electron chi connectivity index (χ2n) is 3.25. The quantitative estimate of drug-likeness (QED) is 0.789. The summed E-state index contributed by atoms with van der Waals surface area (Å²) in [6.45, 7) is 1.04. The standard InChI is InChI=1S/C10H10FNO2S/c11-7-2-1-3-8(9(7)10(12)15)14-6-4-13-5-6/h1-3,6H,4-5H2,(H2,12,15). The Morgan fingerprint density at radius 3 is 2.80 bits per heavy atom. The van der Waals surface area contributed by atoms with Crippen LogP contribution in [0.4, 0.5) is 4.39 Å². The maximum atomic E-state index is 13.4. The van der Waals surface area contributed by atoms with Crippen LogP contribution in [-0.4, -0.2) is 24.3 Å². The van der Waals surface area contributed by atoms with Crippen molar-refractivity contribution in [2.24, 2.45) is 5.73 Å². The Labute approximate surface area is 92.0 Å². The number of ether oxygens (including phenoxy) is 2. The fraction of sp³-hybridized carbons (Fsp3) is 0.300. The Morgan fingerprint density at radius 2 is 2.27 bits per heavy atom. The minimum atomic E-state index is -0.458. The van der Waals surface area contributed by atoms with E-state index in [-0.39, 0.29) is 16.7 Å². The van der Waals surface area contributed by atoms with E-state index in [1.54, 1.807) is 12.1 Å². The van der Waals surface area contributed by atoms with Crippen LogP contribution in [0, 0.1) is 5.82 Å². The summed E-state index contributed by atoms with van der Waals surface area (Å²) >= 11 is 4.77. The molecule has 2 N–H and O–H groups in total. The molecule has 80 valence electrons. The molecule has 0 aromatic heterocycles. The highest BCUT2D eigenvalue weighted by Gasteiger charge is 2.22. The molecule has 1 aromatic carbocycles. The molecule has 1 saturated heterocycles. The molecule has 0 amide bonds. The van der Waals surface area contributed by atoms with Crippen LogP contribution in [0.25, 0.3) is 0 Å². The van der Waals surface area contributed by atoms with Crippen LogP contribution in [0.1, 0.15) is 5.56 Å². The van der Waals surface area contributed by atoms with E-state index in [1.807, 2.05) is 0 Å². The van der Waals surface area contributed by atoms with Gasteiger partial charge in [0.05, 0.1) is 18.8 Å². The predicted octanol–water partition coefficient (Wildman–Crippen LogP) is 1.24. The molecule has 1 fully saturated rings. The van der Waals surface area contributed by atoms with Crippen molar-refractivity contribution in [2.75, 3.05) is 13.2 Å². The molecular formula is C10H10FNO2S. The van der Waals surface area contributed by atoms with E-state index in [9.17, 15) is 4.39 Å². The Balaban J connectivity index is 2.27. The van der Waals surface area contributed by atoms with E-state index in [4.69, 9.17) is 27.4 Å². The third-order valence-corrected chi connectivity index (χ3v) is 2.33. The zero-order valence-electron chi connectivity index (χ0n) is 7.90. The topological polar surface area (TPSA) is 44.5 Å². The summed E-state index contributed by atoms with van der Waals surface area (Å²) in [5, 5.41) is 0. The monoisotopic (exact) mass is 227 g/mol. The van der Waals surface area contributed by atoms with Crippen LogP contribution in [-0.2, 0) is 4.74 Å². The second-order valence-corrected chi connectivity index (χ2v) is 3.69. The molecule has 0 aliphatic carbocycles. The van der Waals surface area contributed by atoms with Gasteiger partial charge in [-0.3, -0.25) is 0 Å². The first-order valence-electron chi connectivity index (χ1n) is 4.51. The largest absolute Gasteiger partial charge is 0.485 e. The summed E-state index contributed by atoms with van der Waals surface area (Å²) in [7, 11) is 0. The summed E-state index contributed by atoms with van der Waals surface area (Å²) in [4.78, 5) is 0.00309. The lowest BCUT2D eigenvalue weighted by Crippen LogP contribution is -2.39. The molecule has 0 spiro atoms. The fourth-order valence-corrected chi connectivity index (χ4v) is 1.50. The van der Waals surface area contributed by atoms with Crippen LogP contribution in [0.5, 0.6) is 5.75 Å². The first kappa shape index (κ1) is 10.3. The lowest BCUT2D eigenvalue weighted by molar-refractivity contribution is -0.0798. The molecule has 5 heteroatoms. The lowest BCUT2D eigenvalue weighted by atomic mass is 10.2. The van der Waals surface area contributed by atoms with Crippen LogP contribution in [0.2, 0.25) is 0 Å². The SMILES string of the molecule is NC(=S)c1c(F)cccc1OC1COC1. The van der Waals surface area contributed by atoms with Gasteiger partial charge in [-0.05, 0) is 12.1 Å². The predicted molar refractivity (Wildman–Crippen MR) is 57.5 cm³/mol. The molecule has 0 atom stereocenters. The summed E-state index contributed by atoms with van der Waals surface area (Å²) in [5.41, 5.74) is 5.60. The Hall–Kier alpha value is -1.20. The van der Waals surface area contributed by atoms with Gasteiger partial charge < -0.3 is 15.2 Å². The normalized spacial score (nSPS) is 15.8. The molecule has 0 bridgehead atoms. The highest BCUT2D eigenvalue weighted by Crippen LogP contribution is 2.23. The molecule has 1 heterocycles. The van der Waals surface area contributed by atoms with E-state index in [1.165, 1.54) is 6.07 Å². The fourth-order valence-electron chi connectivity index (χ4n) is 1.30. The number of benzene rings is 1. The third kappa shape index (κ3) is 2.08. The highest BCUT2D eigenvalue weighted by molar-refractivity contribution is 7.80. The highest BCUT2D eigenvalue weighted by atomic mass is 32.1. The molecule has 0 saturated carbocycles. The van der Waals surface area contributed by atoms with E-state index < -0.39 is 5.82 Å². The molecule has 2 rings (SSSR count). The van der Waals surface area contributed by atoms with E-state index in [0.717, 1.165) is 0 Å². The second kappa shape index (κ2) is 4.12. The van der Waals surface area contributed by atoms with Gasteiger partial charge >= 0.3 is 0 Å².